The van der Waals surface area contributed by atoms with Crippen LogP contribution < -0.4 is 15.0 Å². The molecular formula is C15H21F3N2O. The Kier molecular flexibility index (Phi) is 4.66. The van der Waals surface area contributed by atoms with Crippen molar-refractivity contribution in [3.05, 3.63) is 24.3 Å². The first-order valence-electron chi connectivity index (χ1n) is 7.12. The monoisotopic (exact) mass is 302 g/mol. The van der Waals surface area contributed by atoms with E-state index >= 15 is 0 Å². The Morgan fingerprint density at radius 3 is 2.67 bits per heavy atom. The average Bonchev–Trinajstić information content (AvgIpc) is 2.37. The summed E-state index contributed by atoms with van der Waals surface area (Å²) in [5.41, 5.74) is 0.761. The van der Waals surface area contributed by atoms with Gasteiger partial charge in [0, 0.05) is 36.9 Å². The minimum Gasteiger partial charge on any atom is -0.406 e. The number of nitrogens with one attached hydrogen (secondary N) is 1. The van der Waals surface area contributed by atoms with E-state index in [2.05, 4.69) is 35.7 Å². The van der Waals surface area contributed by atoms with E-state index in [1.807, 2.05) is 6.07 Å². The van der Waals surface area contributed by atoms with Gasteiger partial charge in [0.2, 0.25) is 0 Å². The van der Waals surface area contributed by atoms with E-state index in [0.29, 0.717) is 12.0 Å². The van der Waals surface area contributed by atoms with Gasteiger partial charge in [-0.2, -0.15) is 0 Å². The zero-order valence-corrected chi connectivity index (χ0v) is 12.4. The summed E-state index contributed by atoms with van der Waals surface area (Å²) in [7, 11) is 0. The summed E-state index contributed by atoms with van der Waals surface area (Å²) in [6, 6.07) is 6.74. The standard InChI is InChI=1S/C15H21F3N2O/c1-10(2)14-9-20(11(3)8-19-14)12-5-4-6-13(7-12)21-15(16,17)18/h4-7,10-11,14,19H,8-9H2,1-3H3. The highest BCUT2D eigenvalue weighted by atomic mass is 19.4. The van der Waals surface area contributed by atoms with Gasteiger partial charge >= 0.3 is 6.36 Å². The summed E-state index contributed by atoms with van der Waals surface area (Å²) in [5.74, 6) is 0.293. The molecule has 2 unspecified atom stereocenters. The number of nitrogens with zero attached hydrogens (tertiary/aromatic N) is 1. The van der Waals surface area contributed by atoms with E-state index in [-0.39, 0.29) is 11.8 Å². The molecule has 0 saturated carbocycles. The van der Waals surface area contributed by atoms with Crippen molar-refractivity contribution in [1.29, 1.82) is 0 Å². The molecule has 0 amide bonds. The minimum atomic E-state index is -4.66. The van der Waals surface area contributed by atoms with Crippen LogP contribution in [0.15, 0.2) is 24.3 Å². The van der Waals surface area contributed by atoms with Crippen molar-refractivity contribution in [2.45, 2.75) is 39.2 Å². The molecule has 1 saturated heterocycles. The van der Waals surface area contributed by atoms with Crippen LogP contribution in [0.3, 0.4) is 0 Å². The molecule has 2 rings (SSSR count). The summed E-state index contributed by atoms with van der Waals surface area (Å²) in [6.45, 7) is 7.91. The Bertz CT molecular complexity index is 476. The van der Waals surface area contributed by atoms with Gasteiger partial charge in [0.1, 0.15) is 5.75 Å². The maximum absolute atomic E-state index is 12.3. The van der Waals surface area contributed by atoms with Crippen molar-refractivity contribution in [3.8, 4) is 5.75 Å². The van der Waals surface area contributed by atoms with Crippen molar-refractivity contribution >= 4 is 5.69 Å². The van der Waals surface area contributed by atoms with Gasteiger partial charge in [-0.1, -0.05) is 19.9 Å². The molecule has 0 bridgehead atoms. The molecule has 118 valence electrons. The number of hydrogen-bond acceptors (Lipinski definition) is 3. The zero-order chi connectivity index (χ0) is 15.6. The molecule has 0 spiro atoms. The van der Waals surface area contributed by atoms with Crippen molar-refractivity contribution in [3.63, 3.8) is 0 Å². The first kappa shape index (κ1) is 15.9. The first-order valence-corrected chi connectivity index (χ1v) is 7.12. The Morgan fingerprint density at radius 2 is 2.05 bits per heavy atom. The molecule has 1 aliphatic rings. The van der Waals surface area contributed by atoms with E-state index in [9.17, 15) is 13.2 Å². The summed E-state index contributed by atoms with van der Waals surface area (Å²) in [4.78, 5) is 2.13. The SMILES string of the molecule is CC(C)C1CN(c2cccc(OC(F)(F)F)c2)C(C)CN1. The largest absolute Gasteiger partial charge is 0.573 e. The van der Waals surface area contributed by atoms with E-state index in [4.69, 9.17) is 0 Å². The first-order chi connectivity index (χ1) is 9.76. The van der Waals surface area contributed by atoms with E-state index in [1.165, 1.54) is 12.1 Å². The summed E-state index contributed by atoms with van der Waals surface area (Å²) in [5, 5.41) is 3.47. The lowest BCUT2D eigenvalue weighted by molar-refractivity contribution is -0.274. The summed E-state index contributed by atoms with van der Waals surface area (Å²) in [6.07, 6.45) is -4.66. The van der Waals surface area contributed by atoms with Crippen LogP contribution in [0.4, 0.5) is 18.9 Å². The van der Waals surface area contributed by atoms with Gasteiger partial charge in [0.25, 0.3) is 0 Å². The van der Waals surface area contributed by atoms with Crippen LogP contribution >= 0.6 is 0 Å². The molecule has 1 aromatic carbocycles. The Labute approximate surface area is 123 Å². The molecule has 1 heterocycles. The second kappa shape index (κ2) is 6.13. The van der Waals surface area contributed by atoms with Crippen molar-refractivity contribution in [2.75, 3.05) is 18.0 Å². The lowest BCUT2D eigenvalue weighted by Crippen LogP contribution is -2.57. The molecule has 1 aliphatic heterocycles. The molecule has 6 heteroatoms. The van der Waals surface area contributed by atoms with Gasteiger partial charge in [-0.05, 0) is 25.0 Å². The number of rotatable bonds is 3. The number of anilines is 1. The molecular weight excluding hydrogens is 281 g/mol. The van der Waals surface area contributed by atoms with E-state index in [1.54, 1.807) is 6.07 Å². The normalized spacial score (nSPS) is 23.5. The predicted octanol–water partition coefficient (Wildman–Crippen LogP) is 3.41. The maximum Gasteiger partial charge on any atom is 0.573 e. The van der Waals surface area contributed by atoms with Crippen LogP contribution in [0.25, 0.3) is 0 Å². The third-order valence-electron chi connectivity index (χ3n) is 3.79. The lowest BCUT2D eigenvalue weighted by Gasteiger charge is -2.42. The number of piperazine rings is 1. The van der Waals surface area contributed by atoms with Gasteiger partial charge in [-0.15, -0.1) is 13.2 Å². The Morgan fingerprint density at radius 1 is 1.33 bits per heavy atom. The number of hydrogen-bond donors (Lipinski definition) is 1. The Balaban J connectivity index is 2.17. The third kappa shape index (κ3) is 4.27. The molecule has 1 fully saturated rings. The summed E-state index contributed by atoms with van der Waals surface area (Å²) < 4.78 is 40.9. The van der Waals surface area contributed by atoms with Crippen LogP contribution in [0.5, 0.6) is 5.75 Å². The number of benzene rings is 1. The highest BCUT2D eigenvalue weighted by molar-refractivity contribution is 5.52. The average molecular weight is 302 g/mol. The quantitative estimate of drug-likeness (QED) is 0.926. The number of alkyl halides is 3. The molecule has 21 heavy (non-hydrogen) atoms. The fourth-order valence-corrected chi connectivity index (χ4v) is 2.55. The van der Waals surface area contributed by atoms with Crippen LogP contribution in [-0.4, -0.2) is 31.5 Å². The minimum absolute atomic E-state index is 0.174. The second-order valence-electron chi connectivity index (χ2n) is 5.81. The maximum atomic E-state index is 12.3. The van der Waals surface area contributed by atoms with Crippen molar-refractivity contribution in [1.82, 2.24) is 5.32 Å². The topological polar surface area (TPSA) is 24.5 Å². The third-order valence-corrected chi connectivity index (χ3v) is 3.79. The van der Waals surface area contributed by atoms with Crippen molar-refractivity contribution < 1.29 is 17.9 Å². The van der Waals surface area contributed by atoms with Gasteiger partial charge in [0.05, 0.1) is 0 Å². The van der Waals surface area contributed by atoms with Crippen LogP contribution in [0, 0.1) is 5.92 Å². The highest BCUT2D eigenvalue weighted by Gasteiger charge is 2.32. The Hall–Kier alpha value is -1.43. The molecule has 1 N–H and O–H groups in total. The van der Waals surface area contributed by atoms with Crippen LogP contribution in [0.1, 0.15) is 20.8 Å². The molecule has 0 aliphatic carbocycles. The van der Waals surface area contributed by atoms with Gasteiger partial charge in [-0.25, -0.2) is 0 Å². The highest BCUT2D eigenvalue weighted by Crippen LogP contribution is 2.29. The smallest absolute Gasteiger partial charge is 0.406 e. The van der Waals surface area contributed by atoms with Crippen LogP contribution in [-0.2, 0) is 0 Å². The van der Waals surface area contributed by atoms with Crippen LogP contribution in [0.2, 0.25) is 0 Å². The summed E-state index contributed by atoms with van der Waals surface area (Å²) >= 11 is 0. The fraction of sp³-hybridized carbons (Fsp3) is 0.600. The fourth-order valence-electron chi connectivity index (χ4n) is 2.55. The predicted molar refractivity (Wildman–Crippen MR) is 76.6 cm³/mol. The molecule has 2 atom stereocenters. The second-order valence-corrected chi connectivity index (χ2v) is 5.81. The van der Waals surface area contributed by atoms with Gasteiger partial charge in [0.15, 0.2) is 0 Å². The van der Waals surface area contributed by atoms with Gasteiger partial charge < -0.3 is 15.0 Å². The zero-order valence-electron chi connectivity index (χ0n) is 12.4. The molecule has 1 aromatic rings. The number of ether oxygens (including phenoxy) is 1. The number of halogens is 3. The molecule has 3 nitrogen and oxygen atoms in total. The van der Waals surface area contributed by atoms with E-state index < -0.39 is 6.36 Å². The molecule has 0 radical (unpaired) electrons. The van der Waals surface area contributed by atoms with Crippen molar-refractivity contribution in [2.24, 2.45) is 5.92 Å². The van der Waals surface area contributed by atoms with E-state index in [0.717, 1.165) is 18.8 Å². The molecule has 0 aromatic heterocycles. The van der Waals surface area contributed by atoms with Gasteiger partial charge in [-0.3, -0.25) is 0 Å². The lowest BCUT2D eigenvalue weighted by atomic mass is 9.99.